The molecule has 17 heavy (non-hydrogen) atoms. The van der Waals surface area contributed by atoms with Crippen molar-refractivity contribution in [3.63, 3.8) is 0 Å². The van der Waals surface area contributed by atoms with Crippen LogP contribution in [0.15, 0.2) is 12.1 Å². The number of benzene rings is 1. The van der Waals surface area contributed by atoms with E-state index in [2.05, 4.69) is 6.07 Å². The van der Waals surface area contributed by atoms with Gasteiger partial charge in [-0.3, -0.25) is 0 Å². The van der Waals surface area contributed by atoms with Gasteiger partial charge in [0.05, 0.1) is 0 Å². The second-order valence-corrected chi connectivity index (χ2v) is 4.73. The number of fused-ring (bicyclic) bond motifs is 1. The number of carboxylic acid groups (broad SMARTS) is 1. The Morgan fingerprint density at radius 2 is 1.94 bits per heavy atom. The van der Waals surface area contributed by atoms with Crippen LogP contribution in [0.2, 0.25) is 0 Å². The third-order valence-electron chi connectivity index (χ3n) is 3.34. The Balaban J connectivity index is 2.62. The van der Waals surface area contributed by atoms with Gasteiger partial charge in [0.2, 0.25) is 5.60 Å². The molecular weight excluding hydrogens is 216 g/mol. The van der Waals surface area contributed by atoms with Crippen molar-refractivity contribution in [2.75, 3.05) is 0 Å². The molecule has 1 aliphatic rings. The highest BCUT2D eigenvalue weighted by Gasteiger charge is 2.36. The SMILES string of the molecule is Cc1cc(C)c2c(c1C)O[C@@](C)(C(=O)O)C=C2. The number of ether oxygens (including phenoxy) is 1. The molecule has 1 aromatic rings. The molecular formula is C14H16O3. The lowest BCUT2D eigenvalue weighted by Gasteiger charge is -2.30. The average molecular weight is 232 g/mol. The zero-order valence-corrected chi connectivity index (χ0v) is 10.5. The number of hydrogen-bond donors (Lipinski definition) is 1. The van der Waals surface area contributed by atoms with Gasteiger partial charge in [-0.1, -0.05) is 12.1 Å². The highest BCUT2D eigenvalue weighted by molar-refractivity contribution is 5.84. The maximum atomic E-state index is 11.2. The summed E-state index contributed by atoms with van der Waals surface area (Å²) in [5.41, 5.74) is 2.93. The smallest absolute Gasteiger partial charge is 0.351 e. The minimum atomic E-state index is -1.27. The monoisotopic (exact) mass is 232 g/mol. The van der Waals surface area contributed by atoms with Crippen LogP contribution in [-0.2, 0) is 4.79 Å². The van der Waals surface area contributed by atoms with E-state index in [1.807, 2.05) is 26.8 Å². The minimum Gasteiger partial charge on any atom is -0.478 e. The molecule has 1 atom stereocenters. The van der Waals surface area contributed by atoms with Gasteiger partial charge >= 0.3 is 5.97 Å². The van der Waals surface area contributed by atoms with Gasteiger partial charge in [-0.25, -0.2) is 4.79 Å². The van der Waals surface area contributed by atoms with E-state index in [0.29, 0.717) is 5.75 Å². The van der Waals surface area contributed by atoms with E-state index < -0.39 is 11.6 Å². The Morgan fingerprint density at radius 3 is 2.53 bits per heavy atom. The number of carboxylic acids is 1. The van der Waals surface area contributed by atoms with Crippen LogP contribution in [0.25, 0.3) is 6.08 Å². The summed E-state index contributed by atoms with van der Waals surface area (Å²) < 4.78 is 5.69. The molecule has 0 saturated heterocycles. The molecule has 0 unspecified atom stereocenters. The van der Waals surface area contributed by atoms with Crippen molar-refractivity contribution in [1.29, 1.82) is 0 Å². The molecule has 0 aromatic heterocycles. The lowest BCUT2D eigenvalue weighted by Crippen LogP contribution is -2.41. The van der Waals surface area contributed by atoms with Crippen LogP contribution in [-0.4, -0.2) is 16.7 Å². The Hall–Kier alpha value is -1.77. The topological polar surface area (TPSA) is 46.5 Å². The van der Waals surface area contributed by atoms with Gasteiger partial charge in [0, 0.05) is 5.56 Å². The minimum absolute atomic E-state index is 0.690. The second-order valence-electron chi connectivity index (χ2n) is 4.73. The van der Waals surface area contributed by atoms with Crippen molar-refractivity contribution >= 4 is 12.0 Å². The number of carbonyl (C=O) groups is 1. The summed E-state index contributed by atoms with van der Waals surface area (Å²) in [6.07, 6.45) is 3.44. The average Bonchev–Trinajstić information content (AvgIpc) is 2.25. The molecule has 2 rings (SSSR count). The largest absolute Gasteiger partial charge is 0.478 e. The van der Waals surface area contributed by atoms with Gasteiger partial charge < -0.3 is 9.84 Å². The van der Waals surface area contributed by atoms with Crippen molar-refractivity contribution < 1.29 is 14.6 Å². The predicted molar refractivity (Wildman–Crippen MR) is 66.4 cm³/mol. The summed E-state index contributed by atoms with van der Waals surface area (Å²) >= 11 is 0. The van der Waals surface area contributed by atoms with E-state index in [0.717, 1.165) is 22.3 Å². The van der Waals surface area contributed by atoms with Gasteiger partial charge in [0.15, 0.2) is 0 Å². The third-order valence-corrected chi connectivity index (χ3v) is 3.34. The summed E-state index contributed by atoms with van der Waals surface area (Å²) in [6.45, 7) is 7.52. The Morgan fingerprint density at radius 1 is 1.29 bits per heavy atom. The normalized spacial score (nSPS) is 21.9. The number of aryl methyl sites for hydroxylation is 2. The van der Waals surface area contributed by atoms with E-state index in [9.17, 15) is 9.90 Å². The van der Waals surface area contributed by atoms with E-state index in [1.54, 1.807) is 13.0 Å². The van der Waals surface area contributed by atoms with Crippen LogP contribution < -0.4 is 4.74 Å². The molecule has 0 spiro atoms. The molecule has 1 aliphatic heterocycles. The Labute approximate surface area is 101 Å². The summed E-state index contributed by atoms with van der Waals surface area (Å²) in [6, 6.07) is 2.09. The standard InChI is InChI=1S/C14H16O3/c1-8-7-9(2)11-5-6-14(4,13(15)16)17-12(11)10(8)3/h5-7H,1-4H3,(H,15,16)/t14-/m1/s1. The van der Waals surface area contributed by atoms with Gasteiger partial charge in [0.1, 0.15) is 5.75 Å². The molecule has 90 valence electrons. The fraction of sp³-hybridized carbons (Fsp3) is 0.357. The zero-order valence-electron chi connectivity index (χ0n) is 10.5. The van der Waals surface area contributed by atoms with Crippen LogP contribution in [0.1, 0.15) is 29.2 Å². The molecule has 1 aromatic carbocycles. The first-order valence-electron chi connectivity index (χ1n) is 5.57. The highest BCUT2D eigenvalue weighted by atomic mass is 16.5. The molecule has 1 N–H and O–H groups in total. The zero-order chi connectivity index (χ0) is 12.8. The second kappa shape index (κ2) is 3.62. The van der Waals surface area contributed by atoms with Crippen molar-refractivity contribution in [2.45, 2.75) is 33.3 Å². The maximum absolute atomic E-state index is 11.2. The van der Waals surface area contributed by atoms with E-state index >= 15 is 0 Å². The van der Waals surface area contributed by atoms with Crippen molar-refractivity contribution in [1.82, 2.24) is 0 Å². The van der Waals surface area contributed by atoms with Crippen LogP contribution in [0, 0.1) is 20.8 Å². The number of rotatable bonds is 1. The molecule has 3 nitrogen and oxygen atoms in total. The Kier molecular flexibility index (Phi) is 2.49. The summed E-state index contributed by atoms with van der Waals surface area (Å²) in [7, 11) is 0. The molecule has 0 fully saturated rings. The first-order valence-corrected chi connectivity index (χ1v) is 5.57. The summed E-state index contributed by atoms with van der Waals surface area (Å²) in [5, 5.41) is 9.18. The number of hydrogen-bond acceptors (Lipinski definition) is 2. The molecule has 3 heteroatoms. The molecule has 0 amide bonds. The van der Waals surface area contributed by atoms with Gasteiger partial charge in [-0.05, 0) is 50.5 Å². The van der Waals surface area contributed by atoms with Crippen LogP contribution in [0.4, 0.5) is 0 Å². The Bertz CT molecular complexity index is 529. The van der Waals surface area contributed by atoms with Crippen molar-refractivity contribution in [3.05, 3.63) is 34.4 Å². The predicted octanol–water partition coefficient (Wildman–Crippen LogP) is 2.86. The first kappa shape index (κ1) is 11.7. The fourth-order valence-corrected chi connectivity index (χ4v) is 2.01. The van der Waals surface area contributed by atoms with Crippen LogP contribution in [0.3, 0.4) is 0 Å². The molecule has 0 aliphatic carbocycles. The quantitative estimate of drug-likeness (QED) is 0.809. The fourth-order valence-electron chi connectivity index (χ4n) is 2.01. The molecule has 0 bridgehead atoms. The summed E-state index contributed by atoms with van der Waals surface area (Å²) in [4.78, 5) is 11.2. The van der Waals surface area contributed by atoms with E-state index in [1.165, 1.54) is 0 Å². The van der Waals surface area contributed by atoms with Gasteiger partial charge in [-0.2, -0.15) is 0 Å². The highest BCUT2D eigenvalue weighted by Crippen LogP contribution is 2.37. The van der Waals surface area contributed by atoms with Gasteiger partial charge in [-0.15, -0.1) is 0 Å². The lowest BCUT2D eigenvalue weighted by molar-refractivity contribution is -0.149. The number of aliphatic carboxylic acids is 1. The van der Waals surface area contributed by atoms with Crippen LogP contribution >= 0.6 is 0 Å². The van der Waals surface area contributed by atoms with E-state index in [4.69, 9.17) is 4.74 Å². The lowest BCUT2D eigenvalue weighted by atomic mass is 9.93. The van der Waals surface area contributed by atoms with E-state index in [-0.39, 0.29) is 0 Å². The first-order chi connectivity index (χ1) is 7.85. The van der Waals surface area contributed by atoms with Crippen molar-refractivity contribution in [2.24, 2.45) is 0 Å². The van der Waals surface area contributed by atoms with Crippen LogP contribution in [0.5, 0.6) is 5.75 Å². The molecule has 1 heterocycles. The maximum Gasteiger partial charge on any atom is 0.351 e. The van der Waals surface area contributed by atoms with Gasteiger partial charge in [0.25, 0.3) is 0 Å². The third kappa shape index (κ3) is 1.71. The van der Waals surface area contributed by atoms with Crippen molar-refractivity contribution in [3.8, 4) is 5.75 Å². The molecule has 0 saturated carbocycles. The molecule has 0 radical (unpaired) electrons. The summed E-state index contributed by atoms with van der Waals surface area (Å²) in [5.74, 6) is -0.284.